The quantitative estimate of drug-likeness (QED) is 0.454. The normalized spacial score (nSPS) is 18.6. The molecular formula is C27H38N4O5S. The second-order valence-electron chi connectivity index (χ2n) is 9.90. The smallest absolute Gasteiger partial charge is 0.224 e. The molecule has 1 amide bonds. The predicted octanol–water partition coefficient (Wildman–Crippen LogP) is 3.80. The maximum absolute atomic E-state index is 12.7. The Hall–Kier alpha value is -2.82. The lowest BCUT2D eigenvalue weighted by Crippen LogP contribution is -2.52. The standard InChI is InChI=1S/C27H38N4O5S/c1-8-18(2)13-25(22-9-10-28-26(14-22)29(6)21(5)33)27-24(20(4)32)15-23(36-27)17-30-11-12-31(16-19(30)3)37(7,34)35/h9-10,13-15,18-19H,8,11-12,16-17H2,1-7H3. The highest BCUT2D eigenvalue weighted by Crippen LogP contribution is 2.33. The van der Waals surface area contributed by atoms with Gasteiger partial charge in [-0.3, -0.25) is 14.5 Å². The van der Waals surface area contributed by atoms with Crippen molar-refractivity contribution in [2.24, 2.45) is 5.92 Å². The van der Waals surface area contributed by atoms with Crippen LogP contribution in [0.5, 0.6) is 0 Å². The minimum atomic E-state index is -3.24. The molecule has 1 aliphatic rings. The van der Waals surface area contributed by atoms with Crippen LogP contribution >= 0.6 is 0 Å². The number of rotatable bonds is 9. The van der Waals surface area contributed by atoms with E-state index in [9.17, 15) is 18.0 Å². The summed E-state index contributed by atoms with van der Waals surface area (Å²) in [5, 5.41) is 0. The van der Waals surface area contributed by atoms with Crippen molar-refractivity contribution in [1.29, 1.82) is 0 Å². The number of allylic oxidation sites excluding steroid dienone is 1. The molecule has 0 spiro atoms. The molecule has 0 aliphatic carbocycles. The van der Waals surface area contributed by atoms with Crippen molar-refractivity contribution in [3.63, 3.8) is 0 Å². The first-order chi connectivity index (χ1) is 17.3. The minimum absolute atomic E-state index is 0.00203. The monoisotopic (exact) mass is 530 g/mol. The van der Waals surface area contributed by atoms with Gasteiger partial charge in [0, 0.05) is 51.4 Å². The number of furan rings is 1. The van der Waals surface area contributed by atoms with Crippen LogP contribution < -0.4 is 4.90 Å². The van der Waals surface area contributed by atoms with Gasteiger partial charge in [0.25, 0.3) is 0 Å². The first kappa shape index (κ1) is 28.7. The van der Waals surface area contributed by atoms with E-state index in [-0.39, 0.29) is 23.7 Å². The molecule has 0 N–H and O–H groups in total. The number of Topliss-reactive ketones (excluding diaryl/α,β-unsaturated/α-hetero) is 1. The Kier molecular flexibility index (Phi) is 9.09. The zero-order chi connectivity index (χ0) is 27.5. The number of hydrogen-bond donors (Lipinski definition) is 0. The van der Waals surface area contributed by atoms with Crippen LogP contribution in [0.1, 0.15) is 68.5 Å². The third-order valence-electron chi connectivity index (χ3n) is 6.93. The van der Waals surface area contributed by atoms with E-state index in [4.69, 9.17) is 4.42 Å². The molecule has 1 fully saturated rings. The highest BCUT2D eigenvalue weighted by molar-refractivity contribution is 7.88. The van der Waals surface area contributed by atoms with Crippen molar-refractivity contribution >= 4 is 33.1 Å². The van der Waals surface area contributed by atoms with E-state index in [0.29, 0.717) is 49.1 Å². The van der Waals surface area contributed by atoms with Crippen molar-refractivity contribution in [2.45, 2.75) is 53.6 Å². The lowest BCUT2D eigenvalue weighted by Gasteiger charge is -2.38. The van der Waals surface area contributed by atoms with Crippen LogP contribution in [-0.2, 0) is 21.4 Å². The molecule has 0 bridgehead atoms. The van der Waals surface area contributed by atoms with Crippen LogP contribution in [0.2, 0.25) is 0 Å². The fourth-order valence-corrected chi connectivity index (χ4v) is 5.22. The molecule has 0 saturated carbocycles. The van der Waals surface area contributed by atoms with Crippen LogP contribution in [0.25, 0.3) is 5.57 Å². The van der Waals surface area contributed by atoms with E-state index in [0.717, 1.165) is 17.6 Å². The average molecular weight is 531 g/mol. The van der Waals surface area contributed by atoms with Gasteiger partial charge in [0.1, 0.15) is 17.3 Å². The number of anilines is 1. The minimum Gasteiger partial charge on any atom is -0.459 e. The summed E-state index contributed by atoms with van der Waals surface area (Å²) in [6, 6.07) is 5.47. The summed E-state index contributed by atoms with van der Waals surface area (Å²) in [6.07, 6.45) is 5.88. The van der Waals surface area contributed by atoms with Crippen LogP contribution in [0.4, 0.5) is 5.82 Å². The van der Waals surface area contributed by atoms with Crippen molar-refractivity contribution in [3.05, 3.63) is 53.1 Å². The number of amides is 1. The van der Waals surface area contributed by atoms with Crippen molar-refractivity contribution < 1.29 is 22.4 Å². The van der Waals surface area contributed by atoms with Gasteiger partial charge in [-0.15, -0.1) is 0 Å². The number of pyridine rings is 1. The summed E-state index contributed by atoms with van der Waals surface area (Å²) in [7, 11) is -1.57. The van der Waals surface area contributed by atoms with Gasteiger partial charge in [-0.05, 0) is 43.5 Å². The van der Waals surface area contributed by atoms with Gasteiger partial charge in [0.15, 0.2) is 5.78 Å². The second-order valence-corrected chi connectivity index (χ2v) is 11.9. The largest absolute Gasteiger partial charge is 0.459 e. The number of carbonyl (C=O) groups excluding carboxylic acids is 2. The van der Waals surface area contributed by atoms with Crippen molar-refractivity contribution in [2.75, 3.05) is 37.8 Å². The third-order valence-corrected chi connectivity index (χ3v) is 8.20. The summed E-state index contributed by atoms with van der Waals surface area (Å²) in [5.74, 6) is 1.62. The molecule has 2 atom stereocenters. The fraction of sp³-hybridized carbons (Fsp3) is 0.519. The van der Waals surface area contributed by atoms with Crippen LogP contribution in [-0.4, -0.2) is 73.3 Å². The molecule has 3 rings (SSSR count). The van der Waals surface area contributed by atoms with Gasteiger partial charge in [-0.2, -0.15) is 4.31 Å². The van der Waals surface area contributed by atoms with E-state index in [1.807, 2.05) is 19.1 Å². The Balaban J connectivity index is 2.00. The second kappa shape index (κ2) is 11.7. The van der Waals surface area contributed by atoms with Gasteiger partial charge in [-0.1, -0.05) is 26.3 Å². The van der Waals surface area contributed by atoms with E-state index >= 15 is 0 Å². The number of nitrogens with zero attached hydrogens (tertiary/aromatic N) is 4. The van der Waals surface area contributed by atoms with Gasteiger partial charge in [0.05, 0.1) is 18.4 Å². The highest BCUT2D eigenvalue weighted by atomic mass is 32.2. The molecule has 2 aromatic heterocycles. The number of piperazine rings is 1. The molecule has 202 valence electrons. The fourth-order valence-electron chi connectivity index (χ4n) is 4.32. The van der Waals surface area contributed by atoms with Gasteiger partial charge in [-0.25, -0.2) is 13.4 Å². The first-order valence-corrected chi connectivity index (χ1v) is 14.4. The molecule has 3 heterocycles. The summed E-state index contributed by atoms with van der Waals surface area (Å²) in [5.41, 5.74) is 2.07. The molecule has 0 radical (unpaired) electrons. The van der Waals surface area contributed by atoms with Crippen LogP contribution in [0, 0.1) is 5.92 Å². The molecule has 10 heteroatoms. The molecule has 2 unspecified atom stereocenters. The van der Waals surface area contributed by atoms with Crippen LogP contribution in [0.15, 0.2) is 34.9 Å². The Labute approximate surface area is 220 Å². The molecule has 2 aromatic rings. The number of sulfonamides is 1. The molecule has 9 nitrogen and oxygen atoms in total. The SMILES string of the molecule is CCC(C)C=C(c1ccnc(N(C)C(C)=O)c1)c1oc(CN2CCN(S(C)(=O)=O)CC2C)cc1C(C)=O. The van der Waals surface area contributed by atoms with Gasteiger partial charge < -0.3 is 9.32 Å². The maximum atomic E-state index is 12.7. The van der Waals surface area contributed by atoms with Gasteiger partial charge in [0.2, 0.25) is 15.9 Å². The Morgan fingerprint density at radius 3 is 2.54 bits per heavy atom. The molecule has 37 heavy (non-hydrogen) atoms. The van der Waals surface area contributed by atoms with E-state index < -0.39 is 10.0 Å². The molecule has 0 aromatic carbocycles. The Morgan fingerprint density at radius 1 is 1.27 bits per heavy atom. The van der Waals surface area contributed by atoms with Crippen molar-refractivity contribution in [3.8, 4) is 0 Å². The highest BCUT2D eigenvalue weighted by Gasteiger charge is 2.30. The summed E-state index contributed by atoms with van der Waals surface area (Å²) in [6.45, 7) is 11.0. The van der Waals surface area contributed by atoms with Gasteiger partial charge >= 0.3 is 0 Å². The Bertz CT molecular complexity index is 1280. The van der Waals surface area contributed by atoms with E-state index in [2.05, 4.69) is 29.8 Å². The van der Waals surface area contributed by atoms with E-state index in [1.54, 1.807) is 19.3 Å². The topological polar surface area (TPSA) is 104 Å². The molecule has 1 saturated heterocycles. The molecular weight excluding hydrogens is 492 g/mol. The molecule has 1 aliphatic heterocycles. The van der Waals surface area contributed by atoms with Crippen LogP contribution in [0.3, 0.4) is 0 Å². The number of ketones is 1. The summed E-state index contributed by atoms with van der Waals surface area (Å²) >= 11 is 0. The van der Waals surface area contributed by atoms with Crippen molar-refractivity contribution in [1.82, 2.24) is 14.2 Å². The first-order valence-electron chi connectivity index (χ1n) is 12.6. The summed E-state index contributed by atoms with van der Waals surface area (Å²) < 4.78 is 31.8. The Morgan fingerprint density at radius 2 is 1.97 bits per heavy atom. The predicted molar refractivity (Wildman–Crippen MR) is 145 cm³/mol. The third kappa shape index (κ3) is 6.94. The lowest BCUT2D eigenvalue weighted by atomic mass is 9.95. The average Bonchev–Trinajstić information content (AvgIpc) is 3.26. The zero-order valence-electron chi connectivity index (χ0n) is 22.8. The zero-order valence-corrected chi connectivity index (χ0v) is 23.6. The lowest BCUT2D eigenvalue weighted by molar-refractivity contribution is -0.116. The number of hydrogen-bond acceptors (Lipinski definition) is 7. The maximum Gasteiger partial charge on any atom is 0.224 e. The summed E-state index contributed by atoms with van der Waals surface area (Å²) in [4.78, 5) is 32.6. The number of aromatic nitrogens is 1. The number of carbonyl (C=O) groups is 2. The van der Waals surface area contributed by atoms with E-state index in [1.165, 1.54) is 29.3 Å².